The van der Waals surface area contributed by atoms with Crippen molar-refractivity contribution in [2.24, 2.45) is 22.7 Å². The molecule has 0 aliphatic carbocycles. The minimum absolute atomic E-state index is 0.115. The van der Waals surface area contributed by atoms with Gasteiger partial charge in [0.25, 0.3) is 0 Å². The van der Waals surface area contributed by atoms with Crippen LogP contribution in [-0.4, -0.2) is 46.4 Å². The summed E-state index contributed by atoms with van der Waals surface area (Å²) in [6, 6.07) is 0. The third-order valence-corrected chi connectivity index (χ3v) is 4.70. The van der Waals surface area contributed by atoms with E-state index in [9.17, 15) is 4.79 Å². The van der Waals surface area contributed by atoms with E-state index in [0.29, 0.717) is 25.4 Å². The number of carbonyl (C=O) groups is 1. The molecule has 0 aromatic heterocycles. The lowest BCUT2D eigenvalue weighted by molar-refractivity contribution is -0.132. The van der Waals surface area contributed by atoms with Crippen LogP contribution in [0.25, 0.3) is 0 Å². The van der Waals surface area contributed by atoms with E-state index in [-0.39, 0.29) is 17.7 Å². The van der Waals surface area contributed by atoms with Crippen LogP contribution in [0.1, 0.15) is 33.1 Å². The van der Waals surface area contributed by atoms with E-state index in [1.54, 1.807) is 0 Å². The van der Waals surface area contributed by atoms with Gasteiger partial charge in [-0.2, -0.15) is 11.8 Å². The molecule has 5 nitrogen and oxygen atoms in total. The number of hydrogen-bond acceptors (Lipinski definition) is 4. The number of carbonyl (C=O) groups excluding carboxylic acids is 1. The lowest BCUT2D eigenvalue weighted by Gasteiger charge is -2.27. The van der Waals surface area contributed by atoms with Crippen molar-refractivity contribution in [2.45, 2.75) is 33.1 Å². The molecule has 0 bridgehead atoms. The number of thioether (sulfide) groups is 1. The second-order valence-corrected chi connectivity index (χ2v) is 6.34. The standard InChI is InChI=1S/C13H25N3O2S/c1-3-16(9-10(2)13(14)15-18)12(17)8-11-4-6-19-7-5-11/h10-11,18H,3-9H2,1-2H3,(H2,14,15). The first-order valence-electron chi connectivity index (χ1n) is 6.91. The van der Waals surface area contributed by atoms with Gasteiger partial charge in [0, 0.05) is 25.4 Å². The summed E-state index contributed by atoms with van der Waals surface area (Å²) in [4.78, 5) is 14.1. The Bertz CT molecular complexity index is 317. The molecule has 3 N–H and O–H groups in total. The van der Waals surface area contributed by atoms with Crippen molar-refractivity contribution in [1.29, 1.82) is 0 Å². The fraction of sp³-hybridized carbons (Fsp3) is 0.846. The molecule has 0 spiro atoms. The Hall–Kier alpha value is -0.910. The molecule has 1 aliphatic rings. The van der Waals surface area contributed by atoms with Crippen LogP contribution < -0.4 is 5.73 Å². The molecule has 1 aliphatic heterocycles. The molecule has 1 amide bonds. The van der Waals surface area contributed by atoms with Gasteiger partial charge in [0.05, 0.1) is 0 Å². The molecular formula is C13H25N3O2S. The first kappa shape index (κ1) is 16.1. The van der Waals surface area contributed by atoms with Gasteiger partial charge in [0.2, 0.25) is 5.91 Å². The van der Waals surface area contributed by atoms with Crippen molar-refractivity contribution in [3.63, 3.8) is 0 Å². The molecule has 1 saturated heterocycles. The van der Waals surface area contributed by atoms with E-state index < -0.39 is 0 Å². The van der Waals surface area contributed by atoms with Crippen LogP contribution in [0.4, 0.5) is 0 Å². The normalized spacial score (nSPS) is 19.2. The average molecular weight is 287 g/mol. The molecule has 0 radical (unpaired) electrons. The van der Waals surface area contributed by atoms with E-state index in [4.69, 9.17) is 10.9 Å². The summed E-state index contributed by atoms with van der Waals surface area (Å²) in [7, 11) is 0. The van der Waals surface area contributed by atoms with Gasteiger partial charge >= 0.3 is 0 Å². The predicted octanol–water partition coefficient (Wildman–Crippen LogP) is 1.75. The van der Waals surface area contributed by atoms with Gasteiger partial charge in [-0.15, -0.1) is 0 Å². The molecule has 1 rings (SSSR count). The maximum atomic E-state index is 12.3. The summed E-state index contributed by atoms with van der Waals surface area (Å²) < 4.78 is 0. The molecule has 1 atom stereocenters. The number of oxime groups is 1. The maximum absolute atomic E-state index is 12.3. The van der Waals surface area contributed by atoms with Gasteiger partial charge in [-0.25, -0.2) is 0 Å². The maximum Gasteiger partial charge on any atom is 0.222 e. The largest absolute Gasteiger partial charge is 0.409 e. The highest BCUT2D eigenvalue weighted by atomic mass is 32.2. The lowest BCUT2D eigenvalue weighted by atomic mass is 9.98. The van der Waals surface area contributed by atoms with E-state index in [1.165, 1.54) is 11.5 Å². The Morgan fingerprint density at radius 2 is 2.16 bits per heavy atom. The van der Waals surface area contributed by atoms with Gasteiger partial charge in [-0.1, -0.05) is 12.1 Å². The van der Waals surface area contributed by atoms with Gasteiger partial charge in [0.1, 0.15) is 5.84 Å². The summed E-state index contributed by atoms with van der Waals surface area (Å²) in [5, 5.41) is 11.7. The average Bonchev–Trinajstić information content (AvgIpc) is 2.44. The molecule has 0 saturated carbocycles. The van der Waals surface area contributed by atoms with E-state index >= 15 is 0 Å². The van der Waals surface area contributed by atoms with Gasteiger partial charge in [-0.05, 0) is 37.2 Å². The molecule has 110 valence electrons. The molecule has 0 aromatic rings. The fourth-order valence-electron chi connectivity index (χ4n) is 2.26. The third kappa shape index (κ3) is 5.30. The zero-order valence-corrected chi connectivity index (χ0v) is 12.7. The summed E-state index contributed by atoms with van der Waals surface area (Å²) in [6.45, 7) is 5.02. The van der Waals surface area contributed by atoms with Crippen LogP contribution in [0.3, 0.4) is 0 Å². The molecule has 1 unspecified atom stereocenters. The molecular weight excluding hydrogens is 262 g/mol. The van der Waals surface area contributed by atoms with Gasteiger partial charge in [0.15, 0.2) is 0 Å². The van der Waals surface area contributed by atoms with Crippen molar-refractivity contribution < 1.29 is 10.0 Å². The van der Waals surface area contributed by atoms with Crippen LogP contribution in [0.15, 0.2) is 5.16 Å². The SMILES string of the molecule is CCN(CC(C)C(N)=NO)C(=O)CC1CCSCC1. The number of hydrogen-bond donors (Lipinski definition) is 2. The quantitative estimate of drug-likeness (QED) is 0.338. The Morgan fingerprint density at radius 1 is 1.53 bits per heavy atom. The van der Waals surface area contributed by atoms with Crippen molar-refractivity contribution in [3.05, 3.63) is 0 Å². The molecule has 0 aromatic carbocycles. The number of nitrogens with two attached hydrogens (primary N) is 1. The number of amides is 1. The topological polar surface area (TPSA) is 78.9 Å². The summed E-state index contributed by atoms with van der Waals surface area (Å²) in [5.74, 6) is 3.13. The predicted molar refractivity (Wildman–Crippen MR) is 79.5 cm³/mol. The molecule has 1 heterocycles. The summed E-state index contributed by atoms with van der Waals surface area (Å²) in [5.41, 5.74) is 5.56. The third-order valence-electron chi connectivity index (χ3n) is 3.65. The summed E-state index contributed by atoms with van der Waals surface area (Å²) in [6.07, 6.45) is 2.92. The fourth-order valence-corrected chi connectivity index (χ4v) is 3.46. The van der Waals surface area contributed by atoms with Crippen molar-refractivity contribution in [2.75, 3.05) is 24.6 Å². The number of nitrogens with zero attached hydrogens (tertiary/aromatic N) is 2. The Balaban J connectivity index is 2.46. The smallest absolute Gasteiger partial charge is 0.222 e. The highest BCUT2D eigenvalue weighted by molar-refractivity contribution is 7.99. The molecule has 1 fully saturated rings. The first-order chi connectivity index (χ1) is 9.08. The van der Waals surface area contributed by atoms with Crippen LogP contribution >= 0.6 is 11.8 Å². The Labute approximate surface area is 119 Å². The zero-order valence-electron chi connectivity index (χ0n) is 11.8. The second kappa shape index (κ2) is 8.30. The second-order valence-electron chi connectivity index (χ2n) is 5.12. The van der Waals surface area contributed by atoms with Crippen LogP contribution in [-0.2, 0) is 4.79 Å². The van der Waals surface area contributed by atoms with Gasteiger partial charge in [-0.3, -0.25) is 4.79 Å². The highest BCUT2D eigenvalue weighted by Gasteiger charge is 2.22. The van der Waals surface area contributed by atoms with Crippen molar-refractivity contribution >= 4 is 23.5 Å². The monoisotopic (exact) mass is 287 g/mol. The first-order valence-corrected chi connectivity index (χ1v) is 8.06. The van der Waals surface area contributed by atoms with Crippen molar-refractivity contribution in [3.8, 4) is 0 Å². The van der Waals surface area contributed by atoms with Crippen LogP contribution in [0.2, 0.25) is 0 Å². The van der Waals surface area contributed by atoms with Crippen LogP contribution in [0.5, 0.6) is 0 Å². The summed E-state index contributed by atoms with van der Waals surface area (Å²) >= 11 is 1.97. The van der Waals surface area contributed by atoms with E-state index in [1.807, 2.05) is 30.5 Å². The Kier molecular flexibility index (Phi) is 7.05. The number of amidine groups is 1. The highest BCUT2D eigenvalue weighted by Crippen LogP contribution is 2.25. The van der Waals surface area contributed by atoms with Crippen molar-refractivity contribution in [1.82, 2.24) is 4.90 Å². The minimum atomic E-state index is -0.115. The molecule has 19 heavy (non-hydrogen) atoms. The van der Waals surface area contributed by atoms with E-state index in [2.05, 4.69) is 5.16 Å². The Morgan fingerprint density at radius 3 is 2.68 bits per heavy atom. The minimum Gasteiger partial charge on any atom is -0.409 e. The van der Waals surface area contributed by atoms with Crippen LogP contribution in [0, 0.1) is 11.8 Å². The zero-order chi connectivity index (χ0) is 14.3. The lowest BCUT2D eigenvalue weighted by Crippen LogP contribution is -2.39. The van der Waals surface area contributed by atoms with Gasteiger partial charge < -0.3 is 15.8 Å². The molecule has 6 heteroatoms. The van der Waals surface area contributed by atoms with E-state index in [0.717, 1.165) is 12.8 Å². The number of rotatable bonds is 6.